The van der Waals surface area contributed by atoms with Gasteiger partial charge in [-0.3, -0.25) is 10.1 Å². The SMILES string of the molecule is CCCCCCCCCCCCOC(=O)c1ccccc1C(=O)Nc1nc2ccccc2[nH]1. The van der Waals surface area contributed by atoms with Crippen molar-refractivity contribution in [2.45, 2.75) is 71.1 Å². The van der Waals surface area contributed by atoms with Gasteiger partial charge in [0.15, 0.2) is 0 Å². The van der Waals surface area contributed by atoms with Crippen LogP contribution in [0, 0.1) is 0 Å². The number of carbonyl (C=O) groups is 2. The maximum atomic E-state index is 12.8. The second-order valence-corrected chi connectivity index (χ2v) is 8.42. The summed E-state index contributed by atoms with van der Waals surface area (Å²) in [5.41, 5.74) is 2.12. The second-order valence-electron chi connectivity index (χ2n) is 8.42. The summed E-state index contributed by atoms with van der Waals surface area (Å²) in [5.74, 6) is -0.531. The van der Waals surface area contributed by atoms with Crippen LogP contribution < -0.4 is 5.32 Å². The van der Waals surface area contributed by atoms with Gasteiger partial charge in [-0.25, -0.2) is 9.78 Å². The molecular formula is C27H35N3O3. The van der Waals surface area contributed by atoms with Gasteiger partial charge >= 0.3 is 5.97 Å². The number of anilines is 1. The van der Waals surface area contributed by atoms with Crippen LogP contribution in [0.4, 0.5) is 5.95 Å². The maximum absolute atomic E-state index is 12.8. The highest BCUT2D eigenvalue weighted by atomic mass is 16.5. The Bertz CT molecular complexity index is 995. The summed E-state index contributed by atoms with van der Waals surface area (Å²) in [6.07, 6.45) is 12.2. The first-order valence-corrected chi connectivity index (χ1v) is 12.2. The number of hydrogen-bond acceptors (Lipinski definition) is 4. The average Bonchev–Trinajstić information content (AvgIpc) is 3.24. The van der Waals surface area contributed by atoms with E-state index in [-0.39, 0.29) is 11.1 Å². The lowest BCUT2D eigenvalue weighted by Gasteiger charge is -2.09. The average molecular weight is 450 g/mol. The third-order valence-corrected chi connectivity index (χ3v) is 5.74. The van der Waals surface area contributed by atoms with Gasteiger partial charge in [-0.1, -0.05) is 89.0 Å². The van der Waals surface area contributed by atoms with Gasteiger partial charge in [-0.05, 0) is 30.7 Å². The fraction of sp³-hybridized carbons (Fsp3) is 0.444. The minimum Gasteiger partial charge on any atom is -0.462 e. The van der Waals surface area contributed by atoms with Crippen molar-refractivity contribution in [2.75, 3.05) is 11.9 Å². The van der Waals surface area contributed by atoms with E-state index in [9.17, 15) is 9.59 Å². The molecule has 0 aliphatic rings. The Morgan fingerprint density at radius 3 is 2.12 bits per heavy atom. The number of unbranched alkanes of at least 4 members (excludes halogenated alkanes) is 9. The van der Waals surface area contributed by atoms with E-state index in [0.717, 1.165) is 23.9 Å². The fourth-order valence-electron chi connectivity index (χ4n) is 3.88. The molecule has 0 saturated heterocycles. The van der Waals surface area contributed by atoms with Crippen LogP contribution in [-0.4, -0.2) is 28.5 Å². The van der Waals surface area contributed by atoms with E-state index in [2.05, 4.69) is 22.2 Å². The van der Waals surface area contributed by atoms with Crippen LogP contribution in [0.25, 0.3) is 11.0 Å². The van der Waals surface area contributed by atoms with E-state index >= 15 is 0 Å². The Hall–Kier alpha value is -3.15. The van der Waals surface area contributed by atoms with E-state index in [4.69, 9.17) is 4.74 Å². The molecule has 0 bridgehead atoms. The minimum atomic E-state index is -0.471. The monoisotopic (exact) mass is 449 g/mol. The number of para-hydroxylation sites is 2. The standard InChI is InChI=1S/C27H35N3O3/c1-2-3-4-5-6-7-8-9-10-15-20-33-26(32)22-17-12-11-16-21(22)25(31)30-27-28-23-18-13-14-19-24(23)29-27/h11-14,16-19H,2-10,15,20H2,1H3,(H2,28,29,30,31). The number of imidazole rings is 1. The van der Waals surface area contributed by atoms with Crippen molar-refractivity contribution < 1.29 is 14.3 Å². The minimum absolute atomic E-state index is 0.262. The van der Waals surface area contributed by atoms with Crippen molar-refractivity contribution in [3.8, 4) is 0 Å². The number of nitrogens with one attached hydrogen (secondary N) is 2. The number of fused-ring (bicyclic) bond motifs is 1. The molecule has 2 aromatic carbocycles. The molecule has 0 aliphatic heterocycles. The summed E-state index contributed by atoms with van der Waals surface area (Å²) in [5, 5.41) is 2.74. The number of H-pyrrole nitrogens is 1. The normalized spacial score (nSPS) is 10.9. The summed E-state index contributed by atoms with van der Waals surface area (Å²) < 4.78 is 5.45. The molecule has 1 heterocycles. The molecule has 2 N–H and O–H groups in total. The van der Waals surface area contributed by atoms with Crippen LogP contribution in [0.3, 0.4) is 0 Å². The van der Waals surface area contributed by atoms with Gasteiger partial charge < -0.3 is 9.72 Å². The molecule has 3 aromatic rings. The number of aromatic amines is 1. The maximum Gasteiger partial charge on any atom is 0.338 e. The van der Waals surface area contributed by atoms with Gasteiger partial charge in [0.1, 0.15) is 0 Å². The van der Waals surface area contributed by atoms with E-state index in [1.165, 1.54) is 51.4 Å². The van der Waals surface area contributed by atoms with Crippen LogP contribution in [0.15, 0.2) is 48.5 Å². The number of rotatable bonds is 14. The lowest BCUT2D eigenvalue weighted by molar-refractivity contribution is 0.0495. The topological polar surface area (TPSA) is 84.1 Å². The predicted octanol–water partition coefficient (Wildman–Crippen LogP) is 6.89. The van der Waals surface area contributed by atoms with Crippen LogP contribution in [-0.2, 0) is 4.74 Å². The summed E-state index contributed by atoms with van der Waals surface area (Å²) in [6, 6.07) is 14.2. The zero-order valence-corrected chi connectivity index (χ0v) is 19.6. The van der Waals surface area contributed by atoms with E-state index in [1.807, 2.05) is 24.3 Å². The van der Waals surface area contributed by atoms with E-state index in [0.29, 0.717) is 12.6 Å². The lowest BCUT2D eigenvalue weighted by atomic mass is 10.1. The van der Waals surface area contributed by atoms with Crippen molar-refractivity contribution in [1.29, 1.82) is 0 Å². The Kier molecular flexibility index (Phi) is 9.95. The van der Waals surface area contributed by atoms with Crippen LogP contribution in [0.2, 0.25) is 0 Å². The molecule has 6 nitrogen and oxygen atoms in total. The number of hydrogen-bond donors (Lipinski definition) is 2. The largest absolute Gasteiger partial charge is 0.462 e. The quantitative estimate of drug-likeness (QED) is 0.207. The Morgan fingerprint density at radius 1 is 0.818 bits per heavy atom. The zero-order valence-electron chi connectivity index (χ0n) is 19.6. The summed E-state index contributed by atoms with van der Waals surface area (Å²) in [7, 11) is 0. The van der Waals surface area contributed by atoms with Crippen LogP contribution >= 0.6 is 0 Å². The van der Waals surface area contributed by atoms with Crippen molar-refractivity contribution in [2.24, 2.45) is 0 Å². The number of aromatic nitrogens is 2. The first kappa shape index (κ1) is 24.5. The molecule has 1 aromatic heterocycles. The Morgan fingerprint density at radius 2 is 1.42 bits per heavy atom. The molecule has 0 unspecified atom stereocenters. The molecule has 0 radical (unpaired) electrons. The zero-order chi connectivity index (χ0) is 23.3. The number of ether oxygens (including phenoxy) is 1. The van der Waals surface area contributed by atoms with Crippen molar-refractivity contribution in [3.63, 3.8) is 0 Å². The van der Waals surface area contributed by atoms with Crippen molar-refractivity contribution >= 4 is 28.9 Å². The molecule has 0 spiro atoms. The molecule has 176 valence electrons. The Labute approximate surface area is 196 Å². The highest BCUT2D eigenvalue weighted by Gasteiger charge is 2.18. The molecule has 0 atom stereocenters. The van der Waals surface area contributed by atoms with E-state index in [1.54, 1.807) is 24.3 Å². The van der Waals surface area contributed by atoms with Gasteiger partial charge in [0.2, 0.25) is 5.95 Å². The third-order valence-electron chi connectivity index (χ3n) is 5.74. The van der Waals surface area contributed by atoms with Crippen LogP contribution in [0.5, 0.6) is 0 Å². The molecule has 33 heavy (non-hydrogen) atoms. The molecule has 6 heteroatoms. The molecule has 0 fully saturated rings. The number of benzene rings is 2. The number of carbonyl (C=O) groups excluding carboxylic acids is 2. The highest BCUT2D eigenvalue weighted by molar-refractivity contribution is 6.10. The molecule has 0 saturated carbocycles. The third kappa shape index (κ3) is 7.74. The first-order chi connectivity index (χ1) is 16.2. The first-order valence-electron chi connectivity index (χ1n) is 12.2. The van der Waals surface area contributed by atoms with Crippen LogP contribution in [0.1, 0.15) is 91.8 Å². The van der Waals surface area contributed by atoms with Gasteiger partial charge in [0.25, 0.3) is 5.91 Å². The summed E-state index contributed by atoms with van der Waals surface area (Å²) in [6.45, 7) is 2.61. The highest BCUT2D eigenvalue weighted by Crippen LogP contribution is 2.17. The molecule has 3 rings (SSSR count). The smallest absolute Gasteiger partial charge is 0.338 e. The molecule has 0 aliphatic carbocycles. The summed E-state index contributed by atoms with van der Waals surface area (Å²) in [4.78, 5) is 32.8. The predicted molar refractivity (Wildman–Crippen MR) is 133 cm³/mol. The fourth-order valence-corrected chi connectivity index (χ4v) is 3.88. The number of amides is 1. The number of esters is 1. The molecular weight excluding hydrogens is 414 g/mol. The Balaban J connectivity index is 1.41. The lowest BCUT2D eigenvalue weighted by Crippen LogP contribution is -2.18. The van der Waals surface area contributed by atoms with Crippen molar-refractivity contribution in [1.82, 2.24) is 9.97 Å². The summed E-state index contributed by atoms with van der Waals surface area (Å²) >= 11 is 0. The van der Waals surface area contributed by atoms with Gasteiger partial charge in [0.05, 0.1) is 28.8 Å². The van der Waals surface area contributed by atoms with Gasteiger partial charge in [-0.2, -0.15) is 0 Å². The molecule has 1 amide bonds. The van der Waals surface area contributed by atoms with Crippen molar-refractivity contribution in [3.05, 3.63) is 59.7 Å². The van der Waals surface area contributed by atoms with E-state index < -0.39 is 11.9 Å². The van der Waals surface area contributed by atoms with Gasteiger partial charge in [-0.15, -0.1) is 0 Å². The number of nitrogens with zero attached hydrogens (tertiary/aromatic N) is 1. The van der Waals surface area contributed by atoms with Gasteiger partial charge in [0, 0.05) is 0 Å². The second kappa shape index (κ2) is 13.4.